The molecular formula is C6H10F3NOS. The van der Waals surface area contributed by atoms with Gasteiger partial charge in [-0.1, -0.05) is 12.2 Å². The van der Waals surface area contributed by atoms with E-state index in [1.807, 2.05) is 0 Å². The van der Waals surface area contributed by atoms with Crippen molar-refractivity contribution in [2.24, 2.45) is 5.73 Å². The molecule has 6 heteroatoms. The molecule has 0 aromatic carbocycles. The van der Waals surface area contributed by atoms with Crippen LogP contribution in [0, 0.1) is 0 Å². The van der Waals surface area contributed by atoms with Crippen LogP contribution in [0.15, 0.2) is 0 Å². The molecule has 0 saturated heterocycles. The van der Waals surface area contributed by atoms with E-state index < -0.39 is 18.9 Å². The van der Waals surface area contributed by atoms with Gasteiger partial charge in [-0.05, 0) is 6.92 Å². The summed E-state index contributed by atoms with van der Waals surface area (Å²) in [7, 11) is 0. The molecule has 0 fully saturated rings. The first kappa shape index (κ1) is 11.6. The Morgan fingerprint density at radius 3 is 2.42 bits per heavy atom. The van der Waals surface area contributed by atoms with Gasteiger partial charge in [-0.25, -0.2) is 0 Å². The summed E-state index contributed by atoms with van der Waals surface area (Å²) in [6, 6.07) is 0. The predicted molar refractivity (Wildman–Crippen MR) is 42.9 cm³/mol. The second-order valence-corrected chi connectivity index (χ2v) is 2.93. The molecule has 0 aromatic heterocycles. The summed E-state index contributed by atoms with van der Waals surface area (Å²) in [5.41, 5.74) is 5.10. The average Bonchev–Trinajstić information content (AvgIpc) is 1.80. The molecule has 1 atom stereocenters. The molecule has 0 aliphatic carbocycles. The first-order chi connectivity index (χ1) is 5.31. The zero-order valence-corrected chi connectivity index (χ0v) is 7.34. The van der Waals surface area contributed by atoms with Gasteiger partial charge in [0.05, 0.1) is 11.1 Å². The van der Waals surface area contributed by atoms with Gasteiger partial charge in [0.2, 0.25) is 0 Å². The zero-order valence-electron chi connectivity index (χ0n) is 6.52. The first-order valence-corrected chi connectivity index (χ1v) is 3.69. The van der Waals surface area contributed by atoms with Crippen molar-refractivity contribution in [1.29, 1.82) is 0 Å². The van der Waals surface area contributed by atoms with E-state index in [9.17, 15) is 13.2 Å². The lowest BCUT2D eigenvalue weighted by atomic mass is 10.3. The van der Waals surface area contributed by atoms with Gasteiger partial charge in [0.1, 0.15) is 6.61 Å². The van der Waals surface area contributed by atoms with Crippen LogP contribution in [-0.4, -0.2) is 23.9 Å². The molecule has 2 N–H and O–H groups in total. The second-order valence-electron chi connectivity index (χ2n) is 2.41. The van der Waals surface area contributed by atoms with E-state index in [-0.39, 0.29) is 11.4 Å². The third kappa shape index (κ3) is 7.74. The van der Waals surface area contributed by atoms with Gasteiger partial charge in [-0.2, -0.15) is 13.2 Å². The van der Waals surface area contributed by atoms with E-state index in [0.29, 0.717) is 0 Å². The minimum absolute atomic E-state index is 0.157. The van der Waals surface area contributed by atoms with Crippen LogP contribution in [0.4, 0.5) is 13.2 Å². The van der Waals surface area contributed by atoms with E-state index >= 15 is 0 Å². The molecule has 0 heterocycles. The van der Waals surface area contributed by atoms with E-state index in [0.717, 1.165) is 0 Å². The molecule has 0 radical (unpaired) electrons. The van der Waals surface area contributed by atoms with E-state index in [4.69, 9.17) is 5.73 Å². The molecule has 2 nitrogen and oxygen atoms in total. The highest BCUT2D eigenvalue weighted by atomic mass is 32.1. The monoisotopic (exact) mass is 201 g/mol. The Labute approximate surface area is 73.9 Å². The maximum atomic E-state index is 11.6. The first-order valence-electron chi connectivity index (χ1n) is 3.28. The summed E-state index contributed by atoms with van der Waals surface area (Å²) in [6.07, 6.45) is -4.69. The number of nitrogens with two attached hydrogens (primary N) is 1. The average molecular weight is 201 g/mol. The van der Waals surface area contributed by atoms with Gasteiger partial charge < -0.3 is 10.5 Å². The SMILES string of the molecule is CC(CC(N)=S)OCC(F)(F)F. The van der Waals surface area contributed by atoms with Crippen molar-refractivity contribution in [3.63, 3.8) is 0 Å². The van der Waals surface area contributed by atoms with E-state index in [1.54, 1.807) is 0 Å². The van der Waals surface area contributed by atoms with Crippen LogP contribution in [-0.2, 0) is 4.74 Å². The van der Waals surface area contributed by atoms with Gasteiger partial charge in [0.15, 0.2) is 0 Å². The maximum absolute atomic E-state index is 11.6. The van der Waals surface area contributed by atoms with Crippen LogP contribution in [0.3, 0.4) is 0 Å². The summed E-state index contributed by atoms with van der Waals surface area (Å²) >= 11 is 4.50. The lowest BCUT2D eigenvalue weighted by molar-refractivity contribution is -0.182. The van der Waals surface area contributed by atoms with Gasteiger partial charge in [0, 0.05) is 6.42 Å². The number of alkyl halides is 3. The number of ether oxygens (including phenoxy) is 1. The minimum Gasteiger partial charge on any atom is -0.393 e. The third-order valence-corrected chi connectivity index (χ3v) is 1.19. The van der Waals surface area contributed by atoms with Crippen molar-refractivity contribution in [1.82, 2.24) is 0 Å². The van der Waals surface area contributed by atoms with Crippen molar-refractivity contribution < 1.29 is 17.9 Å². The Morgan fingerprint density at radius 1 is 1.58 bits per heavy atom. The Bertz CT molecular complexity index is 159. The number of thiocarbonyl (C=S) groups is 1. The van der Waals surface area contributed by atoms with Crippen molar-refractivity contribution in [3.8, 4) is 0 Å². The highest BCUT2D eigenvalue weighted by molar-refractivity contribution is 7.80. The molecule has 0 bridgehead atoms. The zero-order chi connectivity index (χ0) is 9.78. The van der Waals surface area contributed by atoms with Crippen molar-refractivity contribution in [3.05, 3.63) is 0 Å². The topological polar surface area (TPSA) is 35.2 Å². The lowest BCUT2D eigenvalue weighted by Crippen LogP contribution is -2.24. The number of rotatable bonds is 4. The van der Waals surface area contributed by atoms with Crippen molar-refractivity contribution >= 4 is 17.2 Å². The Morgan fingerprint density at radius 2 is 2.08 bits per heavy atom. The largest absolute Gasteiger partial charge is 0.411 e. The van der Waals surface area contributed by atoms with Gasteiger partial charge in [0.25, 0.3) is 0 Å². The molecule has 12 heavy (non-hydrogen) atoms. The molecule has 0 rings (SSSR count). The van der Waals surface area contributed by atoms with Crippen LogP contribution in [0.5, 0.6) is 0 Å². The molecule has 0 spiro atoms. The highest BCUT2D eigenvalue weighted by Gasteiger charge is 2.28. The molecule has 0 saturated carbocycles. The Hall–Kier alpha value is -0.360. The summed E-state index contributed by atoms with van der Waals surface area (Å²) in [4.78, 5) is 0.157. The Kier molecular flexibility index (Phi) is 4.47. The fraction of sp³-hybridized carbons (Fsp3) is 0.833. The quantitative estimate of drug-likeness (QED) is 0.702. The van der Waals surface area contributed by atoms with Crippen LogP contribution in [0.1, 0.15) is 13.3 Å². The standard InChI is InChI=1S/C6H10F3NOS/c1-4(2-5(10)12)11-3-6(7,8)9/h4H,2-3H2,1H3,(H2,10,12). The summed E-state index contributed by atoms with van der Waals surface area (Å²) in [5.74, 6) is 0. The number of halogens is 3. The molecule has 0 aliphatic heterocycles. The van der Waals surface area contributed by atoms with Crippen molar-refractivity contribution in [2.45, 2.75) is 25.6 Å². The normalized spacial score (nSPS) is 14.3. The molecule has 0 amide bonds. The van der Waals surface area contributed by atoms with E-state index in [2.05, 4.69) is 17.0 Å². The fourth-order valence-corrected chi connectivity index (χ4v) is 0.814. The van der Waals surface area contributed by atoms with Gasteiger partial charge in [-0.15, -0.1) is 0 Å². The fourth-order valence-electron chi connectivity index (χ4n) is 0.579. The van der Waals surface area contributed by atoms with Crippen LogP contribution in [0.2, 0.25) is 0 Å². The molecule has 1 unspecified atom stereocenters. The molecule has 0 aromatic rings. The Balaban J connectivity index is 3.57. The smallest absolute Gasteiger partial charge is 0.393 e. The minimum atomic E-state index is -4.29. The lowest BCUT2D eigenvalue weighted by Gasteiger charge is -2.13. The summed E-state index contributed by atoms with van der Waals surface area (Å²) < 4.78 is 39.1. The molecule has 72 valence electrons. The predicted octanol–water partition coefficient (Wildman–Crippen LogP) is 1.63. The molecule has 0 aliphatic rings. The maximum Gasteiger partial charge on any atom is 0.411 e. The van der Waals surface area contributed by atoms with Gasteiger partial charge in [-0.3, -0.25) is 0 Å². The van der Waals surface area contributed by atoms with Crippen LogP contribution < -0.4 is 5.73 Å². The molecular weight excluding hydrogens is 191 g/mol. The van der Waals surface area contributed by atoms with Crippen molar-refractivity contribution in [2.75, 3.05) is 6.61 Å². The van der Waals surface area contributed by atoms with Crippen LogP contribution >= 0.6 is 12.2 Å². The van der Waals surface area contributed by atoms with E-state index in [1.165, 1.54) is 6.92 Å². The number of hydrogen-bond donors (Lipinski definition) is 1. The second kappa shape index (κ2) is 4.61. The third-order valence-electron chi connectivity index (χ3n) is 1.02. The summed E-state index contributed by atoms with van der Waals surface area (Å²) in [6.45, 7) is 0.238. The summed E-state index contributed by atoms with van der Waals surface area (Å²) in [5, 5.41) is 0. The highest BCUT2D eigenvalue weighted by Crippen LogP contribution is 2.15. The van der Waals surface area contributed by atoms with Gasteiger partial charge >= 0.3 is 6.18 Å². The number of hydrogen-bond acceptors (Lipinski definition) is 2. The van der Waals surface area contributed by atoms with Crippen LogP contribution in [0.25, 0.3) is 0 Å².